The van der Waals surface area contributed by atoms with Crippen LogP contribution in [-0.4, -0.2) is 43.7 Å². The highest BCUT2D eigenvalue weighted by Gasteiger charge is 2.30. The molecule has 0 aliphatic carbocycles. The van der Waals surface area contributed by atoms with Crippen LogP contribution in [0.4, 0.5) is 13.2 Å². The number of alkyl halides is 3. The van der Waals surface area contributed by atoms with Gasteiger partial charge in [0.1, 0.15) is 5.52 Å². The summed E-state index contributed by atoms with van der Waals surface area (Å²) in [6.45, 7) is -0.0450. The van der Waals surface area contributed by atoms with Gasteiger partial charge in [-0.1, -0.05) is 5.21 Å². The number of hydrogen-bond acceptors (Lipinski definition) is 4. The number of benzene rings is 2. The highest BCUT2D eigenvalue weighted by molar-refractivity contribution is 6.09. The van der Waals surface area contributed by atoms with Gasteiger partial charge in [-0.25, -0.2) is 4.68 Å². The Balaban J connectivity index is 1.89. The van der Waals surface area contributed by atoms with E-state index in [1.54, 1.807) is 29.8 Å². The molecule has 150 valence electrons. The lowest BCUT2D eigenvalue weighted by Crippen LogP contribution is -2.26. The topological polar surface area (TPSA) is 85.0 Å². The number of amides is 1. The first-order valence-electron chi connectivity index (χ1n) is 8.72. The Morgan fingerprint density at radius 1 is 1.17 bits per heavy atom. The maximum Gasteiger partial charge on any atom is 0.416 e. The summed E-state index contributed by atoms with van der Waals surface area (Å²) in [5, 5.41) is 20.3. The molecule has 0 aliphatic rings. The molecule has 0 atom stereocenters. The summed E-state index contributed by atoms with van der Waals surface area (Å²) < 4.78 is 42.0. The van der Waals surface area contributed by atoms with Crippen LogP contribution in [0.5, 0.6) is 0 Å². The quantitative estimate of drug-likeness (QED) is 0.549. The third-order valence-corrected chi connectivity index (χ3v) is 4.61. The van der Waals surface area contributed by atoms with Gasteiger partial charge in [0.25, 0.3) is 5.91 Å². The summed E-state index contributed by atoms with van der Waals surface area (Å²) in [4.78, 5) is 12.2. The van der Waals surface area contributed by atoms with Gasteiger partial charge in [0.15, 0.2) is 5.65 Å². The number of aromatic nitrogens is 4. The number of rotatable bonds is 4. The van der Waals surface area contributed by atoms with E-state index in [1.165, 1.54) is 16.8 Å². The van der Waals surface area contributed by atoms with Crippen LogP contribution in [0.2, 0.25) is 0 Å². The highest BCUT2D eigenvalue weighted by atomic mass is 19.4. The Bertz CT molecular complexity index is 1210. The number of nitrogens with one attached hydrogen (secondary N) is 1. The first kappa shape index (κ1) is 18.9. The molecule has 0 unspecified atom stereocenters. The molecular weight excluding hydrogens is 387 g/mol. The Morgan fingerprint density at radius 3 is 2.55 bits per heavy atom. The van der Waals surface area contributed by atoms with Crippen LogP contribution in [0, 0.1) is 0 Å². The first-order chi connectivity index (χ1) is 13.8. The fourth-order valence-electron chi connectivity index (χ4n) is 3.29. The molecule has 4 aromatic rings. The molecule has 0 spiro atoms. The van der Waals surface area contributed by atoms with Crippen molar-refractivity contribution in [3.05, 3.63) is 53.6 Å². The predicted octanol–water partition coefficient (Wildman–Crippen LogP) is 2.65. The van der Waals surface area contributed by atoms with Crippen molar-refractivity contribution < 1.29 is 23.1 Å². The number of aliphatic hydroxyl groups is 1. The van der Waals surface area contributed by atoms with E-state index < -0.39 is 11.7 Å². The lowest BCUT2D eigenvalue weighted by molar-refractivity contribution is -0.137. The maximum atomic E-state index is 12.9. The summed E-state index contributed by atoms with van der Waals surface area (Å²) in [7, 11) is 1.68. The second-order valence-corrected chi connectivity index (χ2v) is 6.48. The number of hydrogen-bond donors (Lipinski definition) is 2. The van der Waals surface area contributed by atoms with E-state index in [0.29, 0.717) is 33.3 Å². The molecule has 10 heteroatoms. The van der Waals surface area contributed by atoms with Gasteiger partial charge < -0.3 is 10.4 Å². The average molecular weight is 403 g/mol. The minimum Gasteiger partial charge on any atom is -0.395 e. The smallest absolute Gasteiger partial charge is 0.395 e. The molecule has 0 saturated carbocycles. The summed E-state index contributed by atoms with van der Waals surface area (Å²) in [5.74, 6) is -0.347. The summed E-state index contributed by atoms with van der Waals surface area (Å²) in [5.41, 5.74) is 1.95. The van der Waals surface area contributed by atoms with Crippen LogP contribution in [0.15, 0.2) is 42.5 Å². The van der Waals surface area contributed by atoms with Gasteiger partial charge in [-0.15, -0.1) is 5.10 Å². The van der Waals surface area contributed by atoms with Crippen LogP contribution < -0.4 is 5.32 Å². The number of halogens is 3. The van der Waals surface area contributed by atoms with Gasteiger partial charge in [-0.2, -0.15) is 13.2 Å². The van der Waals surface area contributed by atoms with E-state index in [1.807, 2.05) is 0 Å². The fraction of sp³-hybridized carbons (Fsp3) is 0.211. The average Bonchev–Trinajstić information content (AvgIpc) is 3.23. The van der Waals surface area contributed by atoms with E-state index in [2.05, 4.69) is 15.6 Å². The third kappa shape index (κ3) is 3.21. The van der Waals surface area contributed by atoms with Crippen LogP contribution in [-0.2, 0) is 13.2 Å². The van der Waals surface area contributed by atoms with Crippen LogP contribution in [0.25, 0.3) is 27.8 Å². The van der Waals surface area contributed by atoms with Gasteiger partial charge in [-0.05, 0) is 42.5 Å². The zero-order valence-corrected chi connectivity index (χ0v) is 15.2. The van der Waals surface area contributed by atoms with Gasteiger partial charge in [0, 0.05) is 30.2 Å². The molecule has 2 N–H and O–H groups in total. The van der Waals surface area contributed by atoms with E-state index in [-0.39, 0.29) is 19.1 Å². The van der Waals surface area contributed by atoms with Crippen molar-refractivity contribution in [3.8, 4) is 5.69 Å². The van der Waals surface area contributed by atoms with Gasteiger partial charge >= 0.3 is 6.18 Å². The molecular formula is C19H16F3N5O2. The number of fused-ring (bicyclic) bond motifs is 3. The van der Waals surface area contributed by atoms with Crippen molar-refractivity contribution >= 4 is 28.0 Å². The van der Waals surface area contributed by atoms with E-state index in [0.717, 1.165) is 12.1 Å². The zero-order valence-electron chi connectivity index (χ0n) is 15.2. The third-order valence-electron chi connectivity index (χ3n) is 4.61. The van der Waals surface area contributed by atoms with Crippen molar-refractivity contribution in [2.45, 2.75) is 6.18 Å². The van der Waals surface area contributed by atoms with Crippen molar-refractivity contribution in [2.24, 2.45) is 7.05 Å². The minimum absolute atomic E-state index is 0.129. The Hall–Kier alpha value is -3.40. The van der Waals surface area contributed by atoms with E-state index in [9.17, 15) is 18.0 Å². The Morgan fingerprint density at radius 2 is 1.90 bits per heavy atom. The zero-order chi connectivity index (χ0) is 20.8. The number of carbonyl (C=O) groups is 1. The molecule has 0 radical (unpaired) electrons. The van der Waals surface area contributed by atoms with Crippen LogP contribution >= 0.6 is 0 Å². The van der Waals surface area contributed by atoms with Crippen LogP contribution in [0.3, 0.4) is 0 Å². The first-order valence-corrected chi connectivity index (χ1v) is 8.72. The lowest BCUT2D eigenvalue weighted by atomic mass is 10.1. The molecule has 0 fully saturated rings. The monoisotopic (exact) mass is 403 g/mol. The standard InChI is InChI=1S/C19H16F3N5O2/c1-26-18-16(24-25-26)14-10-11(17(29)23-8-9-28)2-7-15(14)27(18)13-5-3-12(4-6-13)19(20,21)22/h2-7,10,28H,8-9H2,1H3,(H,23,29). The second-order valence-electron chi connectivity index (χ2n) is 6.48. The van der Waals surface area contributed by atoms with Gasteiger partial charge in [0.05, 0.1) is 17.7 Å². The number of aryl methyl sites for hydroxylation is 1. The molecule has 1 amide bonds. The second kappa shape index (κ2) is 6.89. The summed E-state index contributed by atoms with van der Waals surface area (Å²) in [6.07, 6.45) is -4.42. The van der Waals surface area contributed by atoms with Crippen molar-refractivity contribution in [3.63, 3.8) is 0 Å². The lowest BCUT2D eigenvalue weighted by Gasteiger charge is -2.11. The summed E-state index contributed by atoms with van der Waals surface area (Å²) >= 11 is 0. The normalized spacial score (nSPS) is 12.0. The number of aliphatic hydroxyl groups excluding tert-OH is 1. The molecule has 4 rings (SSSR count). The predicted molar refractivity (Wildman–Crippen MR) is 99.8 cm³/mol. The SMILES string of the molecule is Cn1nnc2c3cc(C(=O)NCCO)ccc3n(-c3ccc(C(F)(F)F)cc3)c21. The fourth-order valence-corrected chi connectivity index (χ4v) is 3.29. The molecule has 29 heavy (non-hydrogen) atoms. The molecule has 0 bridgehead atoms. The maximum absolute atomic E-state index is 12.9. The van der Waals surface area contributed by atoms with Gasteiger partial charge in [-0.3, -0.25) is 9.36 Å². The van der Waals surface area contributed by atoms with E-state index >= 15 is 0 Å². The molecule has 0 saturated heterocycles. The number of nitrogens with zero attached hydrogens (tertiary/aromatic N) is 4. The molecule has 2 heterocycles. The van der Waals surface area contributed by atoms with Crippen LogP contribution in [0.1, 0.15) is 15.9 Å². The molecule has 2 aromatic heterocycles. The summed E-state index contributed by atoms with van der Waals surface area (Å²) in [6, 6.07) is 9.79. The van der Waals surface area contributed by atoms with Gasteiger partial charge in [0.2, 0.25) is 0 Å². The Labute approximate surface area is 162 Å². The number of carbonyl (C=O) groups excluding carboxylic acids is 1. The van der Waals surface area contributed by atoms with Crippen molar-refractivity contribution in [1.82, 2.24) is 24.9 Å². The van der Waals surface area contributed by atoms with Crippen molar-refractivity contribution in [2.75, 3.05) is 13.2 Å². The minimum atomic E-state index is -4.42. The van der Waals surface area contributed by atoms with E-state index in [4.69, 9.17) is 5.11 Å². The molecule has 0 aliphatic heterocycles. The largest absolute Gasteiger partial charge is 0.416 e. The Kier molecular flexibility index (Phi) is 4.50. The highest BCUT2D eigenvalue weighted by Crippen LogP contribution is 2.33. The van der Waals surface area contributed by atoms with Crippen molar-refractivity contribution in [1.29, 1.82) is 0 Å². The molecule has 2 aromatic carbocycles. The molecule has 7 nitrogen and oxygen atoms in total.